The molecule has 0 aliphatic heterocycles. The Morgan fingerprint density at radius 3 is 1.50 bits per heavy atom. The molecule has 0 amide bonds. The average molecular weight is 92.0 g/mol. The number of hydrogen-bond acceptors (Lipinski definition) is 1. The molecule has 4 heavy (non-hydrogen) atoms. The van der Waals surface area contributed by atoms with Crippen molar-refractivity contribution in [3.05, 3.63) is 0 Å². The van der Waals surface area contributed by atoms with Gasteiger partial charge in [-0.15, -0.1) is 0 Å². The molecule has 0 N–H and O–H groups in total. The fourth-order valence-electron chi connectivity index (χ4n) is 0. The van der Waals surface area contributed by atoms with Gasteiger partial charge in [0.05, 0.1) is 0 Å². The maximum atomic E-state index is 8.28. The molecule has 1 nitrogen and oxygen atoms in total. The van der Waals surface area contributed by atoms with E-state index in [0.29, 0.717) is 16.2 Å². The van der Waals surface area contributed by atoms with Gasteiger partial charge in [0.15, 0.2) is 0 Å². The molecule has 0 rings (SSSR count). The van der Waals surface area contributed by atoms with E-state index in [2.05, 4.69) is 0 Å². The van der Waals surface area contributed by atoms with Crippen LogP contribution in [0.25, 0.3) is 0 Å². The monoisotopic (exact) mass is 92.0 g/mol. The van der Waals surface area contributed by atoms with Crippen molar-refractivity contribution < 1.29 is 76.9 Å². The third-order valence-corrected chi connectivity index (χ3v) is 0. The number of hydrogen-bond donors (Lipinski definition) is 0. The van der Waals surface area contributed by atoms with Crippen molar-refractivity contribution in [2.24, 2.45) is 0 Å². The molecule has 0 unspecified atom stereocenters. The summed E-state index contributed by atoms with van der Waals surface area (Å²) >= 11 is 0.611. The van der Waals surface area contributed by atoms with Crippen LogP contribution in [0, 0.1) is 0 Å². The second kappa shape index (κ2) is 17.6. The molecule has 0 saturated carbocycles. The molecule has 0 aliphatic rings. The molecule has 0 radical (unpaired) electrons. The van der Waals surface area contributed by atoms with Crippen LogP contribution in [-0.4, -0.2) is 16.2 Å². The van der Waals surface area contributed by atoms with Gasteiger partial charge in [-0.25, -0.2) is 0 Å². The molecular formula is H3AlKLiO. The summed E-state index contributed by atoms with van der Waals surface area (Å²) in [7, 11) is 0. The quantitative estimate of drug-likeness (QED) is 0.271. The van der Waals surface area contributed by atoms with Gasteiger partial charge in [-0.05, 0) is 0 Å². The molecular weight excluding hydrogens is 89.0 g/mol. The summed E-state index contributed by atoms with van der Waals surface area (Å²) in [5.74, 6) is 0. The number of rotatable bonds is 0. The third-order valence-electron chi connectivity index (χ3n) is 0. The third kappa shape index (κ3) is 8.82. The summed E-state index contributed by atoms with van der Waals surface area (Å²) in [5, 5.41) is 0. The van der Waals surface area contributed by atoms with Crippen molar-refractivity contribution in [3.8, 4) is 0 Å². The van der Waals surface area contributed by atoms with E-state index >= 15 is 0 Å². The minimum absolute atomic E-state index is 0. The predicted molar refractivity (Wildman–Crippen MR) is 10.1 cm³/mol. The second-order valence-electron chi connectivity index (χ2n) is 0. The molecule has 0 aliphatic carbocycles. The first-order chi connectivity index (χ1) is 1.00. The van der Waals surface area contributed by atoms with Gasteiger partial charge in [0.2, 0.25) is 0 Å². The summed E-state index contributed by atoms with van der Waals surface area (Å²) in [4.78, 5) is 0. The second-order valence-corrected chi connectivity index (χ2v) is 0. The fourth-order valence-corrected chi connectivity index (χ4v) is 0. The first kappa shape index (κ1) is 16.0. The van der Waals surface area contributed by atoms with E-state index in [1.54, 1.807) is 0 Å². The van der Waals surface area contributed by atoms with Crippen LogP contribution in [0.1, 0.15) is 2.85 Å². The SMILES string of the molecule is [H-].[H-].[K+].[Li+].[O]=[AlH]. The Kier molecular flexibility index (Phi) is 70.5. The van der Waals surface area contributed by atoms with E-state index in [-0.39, 0.29) is 73.1 Å². The van der Waals surface area contributed by atoms with Gasteiger partial charge in [-0.1, -0.05) is 0 Å². The Morgan fingerprint density at radius 1 is 1.50 bits per heavy atom. The summed E-state index contributed by atoms with van der Waals surface area (Å²) in [6.45, 7) is 0. The van der Waals surface area contributed by atoms with E-state index in [1.807, 2.05) is 0 Å². The Bertz CT molecular complexity index is 13.5. The zero-order valence-corrected chi connectivity index (χ0v) is 7.65. The van der Waals surface area contributed by atoms with Gasteiger partial charge in [0.25, 0.3) is 0 Å². The molecule has 0 aromatic rings. The summed E-state index contributed by atoms with van der Waals surface area (Å²) in [6.07, 6.45) is 0. The summed E-state index contributed by atoms with van der Waals surface area (Å²) in [6, 6.07) is 0. The van der Waals surface area contributed by atoms with Crippen molar-refractivity contribution >= 4 is 16.2 Å². The Morgan fingerprint density at radius 2 is 1.50 bits per heavy atom. The van der Waals surface area contributed by atoms with Gasteiger partial charge < -0.3 is 2.85 Å². The zero-order valence-electron chi connectivity index (χ0n) is 5.12. The van der Waals surface area contributed by atoms with Gasteiger partial charge in [0, 0.05) is 0 Å². The Hall–Kier alpha value is 2.57. The van der Waals surface area contributed by atoms with Gasteiger partial charge in [0.1, 0.15) is 0 Å². The molecule has 4 heteroatoms. The maximum absolute atomic E-state index is 8.28. The molecule has 0 fully saturated rings. The molecule has 0 aromatic heterocycles. The van der Waals surface area contributed by atoms with Crippen molar-refractivity contribution in [1.82, 2.24) is 0 Å². The van der Waals surface area contributed by atoms with Crippen molar-refractivity contribution in [2.45, 2.75) is 0 Å². The normalized spacial score (nSPS) is 0.750. The Balaban J connectivity index is -0.000000000833. The first-order valence-corrected chi connectivity index (χ1v) is 0.866. The van der Waals surface area contributed by atoms with E-state index in [9.17, 15) is 0 Å². The van der Waals surface area contributed by atoms with Crippen molar-refractivity contribution in [2.75, 3.05) is 0 Å². The molecule has 0 bridgehead atoms. The molecule has 0 spiro atoms. The van der Waals surface area contributed by atoms with Crippen LogP contribution in [0.15, 0.2) is 0 Å². The summed E-state index contributed by atoms with van der Waals surface area (Å²) in [5.41, 5.74) is 0. The molecule has 0 aromatic carbocycles. The first-order valence-electron chi connectivity index (χ1n) is 0.289. The van der Waals surface area contributed by atoms with Gasteiger partial charge in [-0.3, -0.25) is 0 Å². The van der Waals surface area contributed by atoms with Crippen LogP contribution >= 0.6 is 0 Å². The van der Waals surface area contributed by atoms with Crippen LogP contribution in [0.3, 0.4) is 0 Å². The van der Waals surface area contributed by atoms with Crippen LogP contribution in [-0.2, 0) is 3.80 Å². The predicted octanol–water partition coefficient (Wildman–Crippen LogP) is -6.53. The van der Waals surface area contributed by atoms with Gasteiger partial charge >= 0.3 is 90.3 Å². The standard InChI is InChI=1S/Al.K.Li.O.3H/q;2*+1;;;2*-1. The van der Waals surface area contributed by atoms with Gasteiger partial charge in [-0.2, -0.15) is 0 Å². The van der Waals surface area contributed by atoms with Crippen LogP contribution in [0.5, 0.6) is 0 Å². The average Bonchev–Trinajstić information content (AvgIpc) is 1.00. The topological polar surface area (TPSA) is 17.1 Å². The minimum atomic E-state index is 0. The molecule has 14 valence electrons. The van der Waals surface area contributed by atoms with E-state index in [1.165, 1.54) is 0 Å². The van der Waals surface area contributed by atoms with Crippen LogP contribution < -0.4 is 70.2 Å². The summed E-state index contributed by atoms with van der Waals surface area (Å²) < 4.78 is 8.28. The fraction of sp³-hybridized carbons (Fsp3) is 0. The Labute approximate surface area is 91.1 Å². The van der Waals surface area contributed by atoms with E-state index in [4.69, 9.17) is 3.80 Å². The zero-order chi connectivity index (χ0) is 2.00. The van der Waals surface area contributed by atoms with E-state index < -0.39 is 0 Å². The molecule has 0 heterocycles. The van der Waals surface area contributed by atoms with Crippen molar-refractivity contribution in [1.29, 1.82) is 0 Å². The van der Waals surface area contributed by atoms with E-state index in [0.717, 1.165) is 0 Å². The molecule has 0 atom stereocenters. The van der Waals surface area contributed by atoms with Crippen LogP contribution in [0.4, 0.5) is 0 Å². The van der Waals surface area contributed by atoms with Crippen LogP contribution in [0.2, 0.25) is 0 Å². The van der Waals surface area contributed by atoms with Crippen molar-refractivity contribution in [3.63, 3.8) is 0 Å². The molecule has 0 saturated heterocycles.